The fraction of sp³-hybridized carbons (Fsp3) is 0.235. The number of amides is 1. The molecule has 0 spiro atoms. The maximum absolute atomic E-state index is 12.2. The number of hydrazine groups is 1. The van der Waals surface area contributed by atoms with E-state index in [1.165, 1.54) is 0 Å². The second-order valence-corrected chi connectivity index (χ2v) is 6.34. The Morgan fingerprint density at radius 1 is 1.29 bits per heavy atom. The number of hydrogen-bond acceptors (Lipinski definition) is 5. The first-order chi connectivity index (χ1) is 11.7. The maximum atomic E-state index is 12.2. The predicted molar refractivity (Wildman–Crippen MR) is 95.3 cm³/mol. The van der Waals surface area contributed by atoms with E-state index in [1.54, 1.807) is 30.6 Å². The van der Waals surface area contributed by atoms with Gasteiger partial charge in [0.1, 0.15) is 5.88 Å². The quantitative estimate of drug-likeness (QED) is 0.826. The maximum Gasteiger partial charge on any atom is 0.256 e. The van der Waals surface area contributed by atoms with Gasteiger partial charge in [0.05, 0.1) is 30.8 Å². The molecule has 7 heteroatoms. The van der Waals surface area contributed by atoms with Crippen molar-refractivity contribution in [3.05, 3.63) is 52.2 Å². The fourth-order valence-electron chi connectivity index (χ4n) is 2.60. The highest BCUT2D eigenvalue weighted by molar-refractivity contribution is 7.11. The van der Waals surface area contributed by atoms with Gasteiger partial charge < -0.3 is 9.47 Å². The number of hydrogen-bond donors (Lipinski definition) is 1. The minimum Gasteiger partial charge on any atom is -0.493 e. The van der Waals surface area contributed by atoms with Gasteiger partial charge in [-0.25, -0.2) is 5.01 Å². The Morgan fingerprint density at radius 2 is 2.08 bits per heavy atom. The summed E-state index contributed by atoms with van der Waals surface area (Å²) in [7, 11) is 3.18. The van der Waals surface area contributed by atoms with Crippen molar-refractivity contribution in [2.24, 2.45) is 0 Å². The second kappa shape index (κ2) is 7.15. The summed E-state index contributed by atoms with van der Waals surface area (Å²) >= 11 is 7.37. The summed E-state index contributed by atoms with van der Waals surface area (Å²) < 4.78 is 10.6. The molecule has 0 aliphatic carbocycles. The number of methoxy groups -OCH3 is 2. The molecule has 2 heterocycles. The summed E-state index contributed by atoms with van der Waals surface area (Å²) in [5.41, 5.74) is 4.96. The largest absolute Gasteiger partial charge is 0.493 e. The van der Waals surface area contributed by atoms with E-state index in [9.17, 15) is 4.79 Å². The Bertz CT molecular complexity index is 761. The number of ether oxygens (including phenoxy) is 2. The summed E-state index contributed by atoms with van der Waals surface area (Å²) in [5.74, 6) is 0.970. The van der Waals surface area contributed by atoms with Crippen molar-refractivity contribution in [1.82, 2.24) is 10.4 Å². The van der Waals surface area contributed by atoms with Crippen LogP contribution in [-0.4, -0.2) is 31.0 Å². The highest BCUT2D eigenvalue weighted by Crippen LogP contribution is 2.36. The fourth-order valence-corrected chi connectivity index (χ4v) is 3.43. The summed E-state index contributed by atoms with van der Waals surface area (Å²) in [6, 6.07) is 9.32. The molecule has 0 saturated carbocycles. The van der Waals surface area contributed by atoms with Crippen LogP contribution in [0.15, 0.2) is 41.8 Å². The van der Waals surface area contributed by atoms with Crippen LogP contribution in [0.25, 0.3) is 5.70 Å². The molecule has 126 valence electrons. The Kier molecular flexibility index (Phi) is 4.97. The van der Waals surface area contributed by atoms with E-state index in [0.717, 1.165) is 16.1 Å². The SMILES string of the molecule is COc1ccc([C@@H]2C=C(c3cccs3)NN2C(=O)CCl)cc1OC. The normalized spacial score (nSPS) is 16.5. The van der Waals surface area contributed by atoms with Gasteiger partial charge in [-0.3, -0.25) is 10.2 Å². The molecule has 1 aliphatic heterocycles. The van der Waals surface area contributed by atoms with Gasteiger partial charge in [-0.1, -0.05) is 12.1 Å². The van der Waals surface area contributed by atoms with Gasteiger partial charge in [-0.2, -0.15) is 0 Å². The summed E-state index contributed by atoms with van der Waals surface area (Å²) in [6.45, 7) is 0. The zero-order chi connectivity index (χ0) is 17.1. The van der Waals surface area contributed by atoms with Crippen molar-refractivity contribution in [2.75, 3.05) is 20.1 Å². The van der Waals surface area contributed by atoms with Crippen LogP contribution < -0.4 is 14.9 Å². The number of thiophene rings is 1. The Hall–Kier alpha value is -2.18. The molecule has 1 aromatic heterocycles. The molecule has 0 bridgehead atoms. The smallest absolute Gasteiger partial charge is 0.256 e. The zero-order valence-electron chi connectivity index (χ0n) is 13.3. The Morgan fingerprint density at radius 3 is 2.71 bits per heavy atom. The number of benzene rings is 1. The molecular weight excluding hydrogens is 348 g/mol. The lowest BCUT2D eigenvalue weighted by atomic mass is 10.1. The van der Waals surface area contributed by atoms with E-state index < -0.39 is 0 Å². The van der Waals surface area contributed by atoms with Gasteiger partial charge in [-0.15, -0.1) is 22.9 Å². The predicted octanol–water partition coefficient (Wildman–Crippen LogP) is 3.43. The molecule has 1 atom stereocenters. The number of nitrogens with zero attached hydrogens (tertiary/aromatic N) is 1. The third kappa shape index (κ3) is 3.07. The van der Waals surface area contributed by atoms with Crippen LogP contribution in [0, 0.1) is 0 Å². The first-order valence-electron chi connectivity index (χ1n) is 7.30. The lowest BCUT2D eigenvalue weighted by Gasteiger charge is -2.25. The van der Waals surface area contributed by atoms with Gasteiger partial charge in [0.15, 0.2) is 11.5 Å². The molecule has 1 aliphatic rings. The van der Waals surface area contributed by atoms with Crippen LogP contribution in [0.4, 0.5) is 0 Å². The number of carbonyl (C=O) groups excluding carboxylic acids is 1. The molecule has 24 heavy (non-hydrogen) atoms. The molecule has 2 aromatic rings. The summed E-state index contributed by atoms with van der Waals surface area (Å²) in [5, 5.41) is 3.54. The van der Waals surface area contributed by atoms with E-state index in [1.807, 2.05) is 41.8 Å². The molecule has 5 nitrogen and oxygen atoms in total. The molecular formula is C17H17ClN2O3S. The van der Waals surface area contributed by atoms with E-state index in [0.29, 0.717) is 11.5 Å². The average molecular weight is 365 g/mol. The number of carbonyl (C=O) groups is 1. The molecule has 0 radical (unpaired) electrons. The van der Waals surface area contributed by atoms with Crippen LogP contribution >= 0.6 is 22.9 Å². The Balaban J connectivity index is 2.00. The standard InChI is InChI=1S/C17H17ClN2O3S/c1-22-14-6-5-11(8-15(14)23-2)13-9-12(16-4-3-7-24-16)19-20(13)17(21)10-18/h3-9,13,19H,10H2,1-2H3/t13-/m0/s1. The Labute approximate surface area is 149 Å². The van der Waals surface area contributed by atoms with Crippen molar-refractivity contribution in [1.29, 1.82) is 0 Å². The van der Waals surface area contributed by atoms with Crippen molar-refractivity contribution < 1.29 is 14.3 Å². The molecule has 3 rings (SSSR count). The van der Waals surface area contributed by atoms with Crippen molar-refractivity contribution in [3.8, 4) is 11.5 Å². The van der Waals surface area contributed by atoms with Gasteiger partial charge in [0, 0.05) is 0 Å². The highest BCUT2D eigenvalue weighted by Gasteiger charge is 2.31. The second-order valence-electron chi connectivity index (χ2n) is 5.13. The van der Waals surface area contributed by atoms with Crippen LogP contribution in [0.3, 0.4) is 0 Å². The first-order valence-corrected chi connectivity index (χ1v) is 8.71. The van der Waals surface area contributed by atoms with Crippen molar-refractivity contribution in [3.63, 3.8) is 0 Å². The minimum absolute atomic E-state index is 0.0949. The minimum atomic E-state index is -0.270. The topological polar surface area (TPSA) is 50.8 Å². The highest BCUT2D eigenvalue weighted by atomic mass is 35.5. The number of alkyl halides is 1. The van der Waals surface area contributed by atoms with Crippen LogP contribution in [0.1, 0.15) is 16.5 Å². The van der Waals surface area contributed by atoms with Crippen LogP contribution in [0.5, 0.6) is 11.5 Å². The van der Waals surface area contributed by atoms with Crippen molar-refractivity contribution in [2.45, 2.75) is 6.04 Å². The number of nitrogens with one attached hydrogen (secondary N) is 1. The van der Waals surface area contributed by atoms with Gasteiger partial charge in [-0.05, 0) is 35.2 Å². The van der Waals surface area contributed by atoms with Gasteiger partial charge in [0.25, 0.3) is 5.91 Å². The molecule has 0 saturated heterocycles. The third-order valence-corrected chi connectivity index (χ3v) is 4.89. The summed E-state index contributed by atoms with van der Waals surface area (Å²) in [6.07, 6.45) is 2.01. The van der Waals surface area contributed by atoms with Crippen LogP contribution in [-0.2, 0) is 4.79 Å². The molecule has 0 fully saturated rings. The lowest BCUT2D eigenvalue weighted by Crippen LogP contribution is -2.40. The van der Waals surface area contributed by atoms with Crippen molar-refractivity contribution >= 4 is 34.5 Å². The zero-order valence-corrected chi connectivity index (χ0v) is 14.9. The van der Waals surface area contributed by atoms with E-state index in [2.05, 4.69) is 5.43 Å². The van der Waals surface area contributed by atoms with Gasteiger partial charge >= 0.3 is 0 Å². The molecule has 0 unspecified atom stereocenters. The van der Waals surface area contributed by atoms with E-state index in [4.69, 9.17) is 21.1 Å². The number of halogens is 1. The van der Waals surface area contributed by atoms with E-state index >= 15 is 0 Å². The number of rotatable bonds is 5. The third-order valence-electron chi connectivity index (χ3n) is 3.76. The summed E-state index contributed by atoms with van der Waals surface area (Å²) in [4.78, 5) is 13.3. The average Bonchev–Trinajstić information content (AvgIpc) is 3.29. The molecule has 1 amide bonds. The van der Waals surface area contributed by atoms with Crippen LogP contribution in [0.2, 0.25) is 0 Å². The van der Waals surface area contributed by atoms with Gasteiger partial charge in [0.2, 0.25) is 0 Å². The molecule has 1 aromatic carbocycles. The lowest BCUT2D eigenvalue weighted by molar-refractivity contribution is -0.131. The monoisotopic (exact) mass is 364 g/mol. The molecule has 1 N–H and O–H groups in total. The van der Waals surface area contributed by atoms with E-state index in [-0.39, 0.29) is 17.8 Å². The first kappa shape index (κ1) is 16.7.